The Labute approximate surface area is 158 Å². The van der Waals surface area contributed by atoms with Crippen LogP contribution in [0.5, 0.6) is 5.75 Å². The molecule has 0 radical (unpaired) electrons. The largest absolute Gasteiger partial charge is 0.497 e. The minimum atomic E-state index is -0.239. The van der Waals surface area contributed by atoms with Crippen LogP contribution in [0.15, 0.2) is 78.9 Å². The SMILES string of the molecule is COc1ccc([C@@H](NC(=O)Cc2ccccc2Cl)c2ccccc2)cc1. The van der Waals surface area contributed by atoms with Gasteiger partial charge in [0.15, 0.2) is 0 Å². The van der Waals surface area contributed by atoms with Crippen molar-refractivity contribution in [2.45, 2.75) is 12.5 Å². The first kappa shape index (κ1) is 18.0. The number of nitrogens with one attached hydrogen (secondary N) is 1. The second-order valence-electron chi connectivity index (χ2n) is 5.95. The van der Waals surface area contributed by atoms with Gasteiger partial charge in [0.1, 0.15) is 5.75 Å². The third-order valence-corrected chi connectivity index (χ3v) is 4.56. The summed E-state index contributed by atoms with van der Waals surface area (Å²) < 4.78 is 5.23. The Morgan fingerprint density at radius 3 is 2.19 bits per heavy atom. The van der Waals surface area contributed by atoms with Crippen LogP contribution in [0.4, 0.5) is 0 Å². The number of amides is 1. The lowest BCUT2D eigenvalue weighted by Gasteiger charge is -2.20. The zero-order valence-electron chi connectivity index (χ0n) is 14.5. The highest BCUT2D eigenvalue weighted by atomic mass is 35.5. The molecule has 3 aromatic rings. The van der Waals surface area contributed by atoms with Gasteiger partial charge in [-0.2, -0.15) is 0 Å². The van der Waals surface area contributed by atoms with Gasteiger partial charge in [-0.15, -0.1) is 0 Å². The summed E-state index contributed by atoms with van der Waals surface area (Å²) in [6.07, 6.45) is 0.235. The molecule has 3 nitrogen and oxygen atoms in total. The van der Waals surface area contributed by atoms with Crippen LogP contribution in [-0.4, -0.2) is 13.0 Å². The number of carbonyl (C=O) groups excluding carboxylic acids is 1. The van der Waals surface area contributed by atoms with E-state index in [1.54, 1.807) is 13.2 Å². The van der Waals surface area contributed by atoms with Crippen molar-refractivity contribution in [2.75, 3.05) is 7.11 Å². The molecule has 1 atom stereocenters. The molecule has 1 N–H and O–H groups in total. The maximum absolute atomic E-state index is 12.7. The lowest BCUT2D eigenvalue weighted by molar-refractivity contribution is -0.120. The molecule has 0 unspecified atom stereocenters. The highest BCUT2D eigenvalue weighted by Crippen LogP contribution is 2.24. The normalized spacial score (nSPS) is 11.6. The molecule has 0 fully saturated rings. The average Bonchev–Trinajstić information content (AvgIpc) is 2.69. The molecular weight excluding hydrogens is 346 g/mol. The van der Waals surface area contributed by atoms with Gasteiger partial charge < -0.3 is 10.1 Å². The topological polar surface area (TPSA) is 38.3 Å². The summed E-state index contributed by atoms with van der Waals surface area (Å²) >= 11 is 6.18. The number of carbonyl (C=O) groups is 1. The van der Waals surface area contributed by atoms with Gasteiger partial charge in [0, 0.05) is 5.02 Å². The molecule has 0 aromatic heterocycles. The molecule has 132 valence electrons. The molecular formula is C22H20ClNO2. The quantitative estimate of drug-likeness (QED) is 0.681. The first-order valence-corrected chi connectivity index (χ1v) is 8.77. The van der Waals surface area contributed by atoms with Crippen LogP contribution in [0.3, 0.4) is 0 Å². The minimum Gasteiger partial charge on any atom is -0.497 e. The molecule has 4 heteroatoms. The fourth-order valence-corrected chi connectivity index (χ4v) is 3.03. The molecule has 1 amide bonds. The van der Waals surface area contributed by atoms with Gasteiger partial charge in [0.25, 0.3) is 0 Å². The number of ether oxygens (including phenoxy) is 1. The summed E-state index contributed by atoms with van der Waals surface area (Å²) in [5.74, 6) is 0.700. The van der Waals surface area contributed by atoms with Gasteiger partial charge in [-0.3, -0.25) is 4.79 Å². The van der Waals surface area contributed by atoms with E-state index in [2.05, 4.69) is 5.32 Å². The molecule has 0 aliphatic heterocycles. The van der Waals surface area contributed by atoms with E-state index in [0.29, 0.717) is 5.02 Å². The van der Waals surface area contributed by atoms with Crippen molar-refractivity contribution in [3.8, 4) is 5.75 Å². The standard InChI is InChI=1S/C22H20ClNO2/c1-26-19-13-11-17(12-14-19)22(16-7-3-2-4-8-16)24-21(25)15-18-9-5-6-10-20(18)23/h2-14,22H,15H2,1H3,(H,24,25)/t22-/m0/s1. The van der Waals surface area contributed by atoms with E-state index < -0.39 is 0 Å². The maximum atomic E-state index is 12.7. The zero-order chi connectivity index (χ0) is 18.4. The molecule has 0 bridgehead atoms. The number of methoxy groups -OCH3 is 1. The van der Waals surface area contributed by atoms with Crippen molar-refractivity contribution < 1.29 is 9.53 Å². The number of hydrogen-bond donors (Lipinski definition) is 1. The van der Waals surface area contributed by atoms with Gasteiger partial charge >= 0.3 is 0 Å². The summed E-state index contributed by atoms with van der Waals surface area (Å²) in [5, 5.41) is 3.72. The van der Waals surface area contributed by atoms with Crippen LogP contribution in [0, 0.1) is 0 Å². The third kappa shape index (κ3) is 4.44. The average molecular weight is 366 g/mol. The fourth-order valence-electron chi connectivity index (χ4n) is 2.83. The lowest BCUT2D eigenvalue weighted by Crippen LogP contribution is -2.30. The molecule has 0 aliphatic carbocycles. The van der Waals surface area contributed by atoms with Gasteiger partial charge in [-0.25, -0.2) is 0 Å². The summed E-state index contributed by atoms with van der Waals surface area (Å²) in [5.41, 5.74) is 2.82. The number of benzene rings is 3. The Kier molecular flexibility index (Phi) is 5.92. The predicted octanol–water partition coefficient (Wildman–Crippen LogP) is 4.80. The lowest BCUT2D eigenvalue weighted by atomic mass is 9.98. The van der Waals surface area contributed by atoms with E-state index in [1.165, 1.54) is 0 Å². The van der Waals surface area contributed by atoms with Crippen molar-refractivity contribution in [3.05, 3.63) is 101 Å². The highest BCUT2D eigenvalue weighted by molar-refractivity contribution is 6.31. The molecule has 3 rings (SSSR count). The van der Waals surface area contributed by atoms with Crippen LogP contribution in [0.1, 0.15) is 22.7 Å². The number of hydrogen-bond acceptors (Lipinski definition) is 2. The summed E-state index contributed by atoms with van der Waals surface area (Å²) in [6, 6.07) is 24.8. The Balaban J connectivity index is 1.83. The van der Waals surface area contributed by atoms with Gasteiger partial charge in [0.2, 0.25) is 5.91 Å². The third-order valence-electron chi connectivity index (χ3n) is 4.20. The molecule has 0 aliphatic rings. The second-order valence-corrected chi connectivity index (χ2v) is 6.36. The van der Waals surface area contributed by atoms with Crippen LogP contribution in [-0.2, 0) is 11.2 Å². The van der Waals surface area contributed by atoms with Gasteiger partial charge in [0.05, 0.1) is 19.6 Å². The van der Waals surface area contributed by atoms with Crippen molar-refractivity contribution in [3.63, 3.8) is 0 Å². The van der Waals surface area contributed by atoms with Crippen LogP contribution in [0.25, 0.3) is 0 Å². The Bertz CT molecular complexity index is 863. The van der Waals surface area contributed by atoms with Gasteiger partial charge in [-0.1, -0.05) is 72.3 Å². The molecule has 26 heavy (non-hydrogen) atoms. The smallest absolute Gasteiger partial charge is 0.225 e. The first-order valence-electron chi connectivity index (χ1n) is 8.39. The molecule has 0 saturated carbocycles. The molecule has 0 heterocycles. The summed E-state index contributed by atoms with van der Waals surface area (Å²) in [7, 11) is 1.63. The first-order chi connectivity index (χ1) is 12.7. The maximum Gasteiger partial charge on any atom is 0.225 e. The second kappa shape index (κ2) is 8.54. The molecule has 0 spiro atoms. The van der Waals surface area contributed by atoms with E-state index in [1.807, 2.05) is 72.8 Å². The molecule has 0 saturated heterocycles. The Morgan fingerprint density at radius 2 is 1.54 bits per heavy atom. The minimum absolute atomic E-state index is 0.0808. The van der Waals surface area contributed by atoms with E-state index in [-0.39, 0.29) is 18.4 Å². The summed E-state index contributed by atoms with van der Waals surface area (Å²) in [6.45, 7) is 0. The van der Waals surface area contributed by atoms with E-state index >= 15 is 0 Å². The highest BCUT2D eigenvalue weighted by Gasteiger charge is 2.17. The predicted molar refractivity (Wildman–Crippen MR) is 105 cm³/mol. The van der Waals surface area contributed by atoms with E-state index in [9.17, 15) is 4.79 Å². The molecule has 3 aromatic carbocycles. The fraction of sp³-hybridized carbons (Fsp3) is 0.136. The van der Waals surface area contributed by atoms with Crippen molar-refractivity contribution >= 4 is 17.5 Å². The van der Waals surface area contributed by atoms with Crippen molar-refractivity contribution in [1.82, 2.24) is 5.32 Å². The zero-order valence-corrected chi connectivity index (χ0v) is 15.2. The van der Waals surface area contributed by atoms with Crippen LogP contribution in [0.2, 0.25) is 5.02 Å². The monoisotopic (exact) mass is 365 g/mol. The van der Waals surface area contributed by atoms with Crippen LogP contribution >= 0.6 is 11.6 Å². The van der Waals surface area contributed by atoms with Gasteiger partial charge in [-0.05, 0) is 34.9 Å². The summed E-state index contributed by atoms with van der Waals surface area (Å²) in [4.78, 5) is 12.7. The number of halogens is 1. The Morgan fingerprint density at radius 1 is 0.923 bits per heavy atom. The van der Waals surface area contributed by atoms with Crippen molar-refractivity contribution in [2.24, 2.45) is 0 Å². The van der Waals surface area contributed by atoms with E-state index in [4.69, 9.17) is 16.3 Å². The van der Waals surface area contributed by atoms with Crippen LogP contribution < -0.4 is 10.1 Å². The van der Waals surface area contributed by atoms with E-state index in [0.717, 1.165) is 22.4 Å². The Hall–Kier alpha value is -2.78. The number of rotatable bonds is 6. The van der Waals surface area contributed by atoms with Crippen molar-refractivity contribution in [1.29, 1.82) is 0 Å².